The number of thiazole rings is 1. The summed E-state index contributed by atoms with van der Waals surface area (Å²) in [4.78, 5) is 4.28. The minimum atomic E-state index is -4.48. The maximum atomic E-state index is 12.9. The molecule has 10 heteroatoms. The number of nitrogens with two attached hydrogens (primary N) is 1. The van der Waals surface area contributed by atoms with E-state index in [4.69, 9.17) is 26.8 Å². The van der Waals surface area contributed by atoms with Crippen molar-refractivity contribution in [2.45, 2.75) is 43.8 Å². The van der Waals surface area contributed by atoms with Gasteiger partial charge in [0.25, 0.3) is 0 Å². The van der Waals surface area contributed by atoms with Gasteiger partial charge in [-0.05, 0) is 37.0 Å². The van der Waals surface area contributed by atoms with Gasteiger partial charge in [-0.2, -0.15) is 13.2 Å². The molecule has 1 unspecified atom stereocenters. The Morgan fingerprint density at radius 2 is 2.14 bits per heavy atom. The van der Waals surface area contributed by atoms with Gasteiger partial charge < -0.3 is 20.3 Å². The predicted molar refractivity (Wildman–Crippen MR) is 103 cm³/mol. The van der Waals surface area contributed by atoms with Crippen LogP contribution in [0, 0.1) is 11.8 Å². The summed E-state index contributed by atoms with van der Waals surface area (Å²) in [7, 11) is 0. The van der Waals surface area contributed by atoms with Crippen molar-refractivity contribution in [1.29, 1.82) is 0 Å². The highest BCUT2D eigenvalue weighted by atomic mass is 35.5. The molecule has 158 valence electrons. The third-order valence-corrected chi connectivity index (χ3v) is 6.87. The largest absolute Gasteiger partial charge is 0.492 e. The number of hydrogen-bond donors (Lipinski definition) is 2. The number of rotatable bonds is 4. The van der Waals surface area contributed by atoms with E-state index in [1.54, 1.807) is 5.38 Å². The minimum Gasteiger partial charge on any atom is -0.492 e. The number of nitrogen functional groups attached to an aromatic ring is 1. The van der Waals surface area contributed by atoms with Crippen molar-refractivity contribution in [2.24, 2.45) is 11.8 Å². The molecule has 29 heavy (non-hydrogen) atoms. The monoisotopic (exact) mass is 448 g/mol. The molecule has 1 aromatic carbocycles. The van der Waals surface area contributed by atoms with Crippen LogP contribution < -0.4 is 10.5 Å². The van der Waals surface area contributed by atoms with Gasteiger partial charge in [0.1, 0.15) is 22.7 Å². The first-order valence-corrected chi connectivity index (χ1v) is 10.5. The number of aliphatic hydroxyl groups excluding tert-OH is 1. The van der Waals surface area contributed by atoms with Crippen LogP contribution in [-0.4, -0.2) is 28.9 Å². The molecule has 2 heterocycles. The number of anilines is 1. The first kappa shape index (κ1) is 20.7. The minimum absolute atomic E-state index is 0.0370. The van der Waals surface area contributed by atoms with E-state index < -0.39 is 17.8 Å². The molecule has 0 radical (unpaired) electrons. The smallest absolute Gasteiger partial charge is 0.416 e. The van der Waals surface area contributed by atoms with E-state index in [0.717, 1.165) is 30.0 Å². The van der Waals surface area contributed by atoms with E-state index in [9.17, 15) is 18.3 Å². The first-order chi connectivity index (χ1) is 13.7. The molecule has 1 aliphatic heterocycles. The van der Waals surface area contributed by atoms with Crippen LogP contribution in [0.1, 0.15) is 35.9 Å². The van der Waals surface area contributed by atoms with Gasteiger partial charge in [-0.3, -0.25) is 0 Å². The van der Waals surface area contributed by atoms with E-state index in [-0.39, 0.29) is 41.4 Å². The van der Waals surface area contributed by atoms with Crippen LogP contribution in [0.15, 0.2) is 23.6 Å². The zero-order chi connectivity index (χ0) is 20.8. The van der Waals surface area contributed by atoms with Crippen molar-refractivity contribution in [3.63, 3.8) is 0 Å². The quantitative estimate of drug-likeness (QED) is 0.709. The summed E-state index contributed by atoms with van der Waals surface area (Å²) < 4.78 is 50.6. The molecule has 2 fully saturated rings. The lowest BCUT2D eigenvalue weighted by atomic mass is 9.87. The lowest BCUT2D eigenvalue weighted by Crippen LogP contribution is -2.33. The molecule has 2 aliphatic rings. The Kier molecular flexibility index (Phi) is 5.67. The van der Waals surface area contributed by atoms with Crippen molar-refractivity contribution >= 4 is 28.8 Å². The number of hydrogen-bond acceptors (Lipinski definition) is 6. The van der Waals surface area contributed by atoms with Crippen LogP contribution in [0.3, 0.4) is 0 Å². The summed E-state index contributed by atoms with van der Waals surface area (Å²) in [6.45, 7) is 0.0710. The standard InChI is InChI=1S/C19H20ClF3N2O3S/c20-12-3-1-9(19(21,22)23)5-16(12)27-7-11-10-2-4-14(18-25-17(24)8-29-18)28-15(10)6-13(11)26/h1,3,5,8,10-11,13-15,26H,2,4,6-7,24H2/t10?,11-,13-,14-,15+/m1/s1. The molecule has 1 aromatic heterocycles. The lowest BCUT2D eigenvalue weighted by Gasteiger charge is -2.33. The predicted octanol–water partition coefficient (Wildman–Crippen LogP) is 4.69. The molecule has 0 amide bonds. The molecule has 5 nitrogen and oxygen atoms in total. The summed E-state index contributed by atoms with van der Waals surface area (Å²) in [5.41, 5.74) is 4.86. The SMILES string of the molecule is Nc1csc([C@H]2CCC3[C@H](C[C@@H](O)[C@@H]3COc3cc(C(F)(F)F)ccc3Cl)O2)n1. The molecule has 2 aromatic rings. The van der Waals surface area contributed by atoms with Gasteiger partial charge in [0.05, 0.1) is 29.4 Å². The number of alkyl halides is 3. The topological polar surface area (TPSA) is 77.6 Å². The first-order valence-electron chi connectivity index (χ1n) is 9.26. The fourth-order valence-electron chi connectivity index (χ4n) is 4.17. The number of nitrogens with zero attached hydrogens (tertiary/aromatic N) is 1. The highest BCUT2D eigenvalue weighted by molar-refractivity contribution is 7.10. The van der Waals surface area contributed by atoms with Crippen molar-refractivity contribution in [2.75, 3.05) is 12.3 Å². The Balaban J connectivity index is 1.42. The van der Waals surface area contributed by atoms with Gasteiger partial charge in [-0.25, -0.2) is 4.98 Å². The Hall–Kier alpha value is -1.55. The molecular weight excluding hydrogens is 429 g/mol. The zero-order valence-electron chi connectivity index (χ0n) is 15.2. The van der Waals surface area contributed by atoms with Crippen LogP contribution in [0.2, 0.25) is 5.02 Å². The maximum Gasteiger partial charge on any atom is 0.416 e. The van der Waals surface area contributed by atoms with Crippen molar-refractivity contribution in [3.05, 3.63) is 39.2 Å². The van der Waals surface area contributed by atoms with Crippen LogP contribution in [0.5, 0.6) is 5.75 Å². The van der Waals surface area contributed by atoms with E-state index in [2.05, 4.69) is 4.98 Å². The average molecular weight is 449 g/mol. The van der Waals surface area contributed by atoms with Crippen LogP contribution in [0.25, 0.3) is 0 Å². The van der Waals surface area contributed by atoms with Crippen LogP contribution in [-0.2, 0) is 10.9 Å². The van der Waals surface area contributed by atoms with Crippen LogP contribution >= 0.6 is 22.9 Å². The molecular formula is C19H20ClF3N2O3S. The number of halogens is 4. The Bertz CT molecular complexity index is 879. The van der Waals surface area contributed by atoms with Crippen molar-refractivity contribution in [3.8, 4) is 5.75 Å². The van der Waals surface area contributed by atoms with Gasteiger partial charge in [-0.15, -0.1) is 11.3 Å². The number of fused-ring (bicyclic) bond motifs is 1. The van der Waals surface area contributed by atoms with Crippen molar-refractivity contribution in [1.82, 2.24) is 4.98 Å². The van der Waals surface area contributed by atoms with Gasteiger partial charge in [0, 0.05) is 17.7 Å². The van der Waals surface area contributed by atoms with E-state index in [1.807, 2.05) is 0 Å². The van der Waals surface area contributed by atoms with E-state index >= 15 is 0 Å². The summed E-state index contributed by atoms with van der Waals surface area (Å²) in [5, 5.41) is 13.2. The molecule has 1 aliphatic carbocycles. The molecule has 5 atom stereocenters. The van der Waals surface area contributed by atoms with E-state index in [1.165, 1.54) is 17.4 Å². The second-order valence-electron chi connectivity index (χ2n) is 7.44. The summed E-state index contributed by atoms with van der Waals surface area (Å²) in [6, 6.07) is 2.97. The summed E-state index contributed by atoms with van der Waals surface area (Å²) in [5.74, 6) is 0.243. The molecule has 4 rings (SSSR count). The number of benzene rings is 1. The molecule has 0 bridgehead atoms. The number of aliphatic hydroxyl groups is 1. The van der Waals surface area contributed by atoms with Crippen LogP contribution in [0.4, 0.5) is 19.0 Å². The summed E-state index contributed by atoms with van der Waals surface area (Å²) in [6.07, 6.45) is -3.45. The lowest BCUT2D eigenvalue weighted by molar-refractivity contribution is -0.137. The van der Waals surface area contributed by atoms with Crippen molar-refractivity contribution < 1.29 is 27.8 Å². The Morgan fingerprint density at radius 1 is 1.34 bits per heavy atom. The highest BCUT2D eigenvalue weighted by Gasteiger charge is 2.47. The average Bonchev–Trinajstić information content (AvgIpc) is 3.22. The fraction of sp³-hybridized carbons (Fsp3) is 0.526. The Morgan fingerprint density at radius 3 is 2.83 bits per heavy atom. The highest BCUT2D eigenvalue weighted by Crippen LogP contribution is 2.46. The second kappa shape index (κ2) is 7.94. The molecule has 1 saturated carbocycles. The molecule has 3 N–H and O–H groups in total. The third-order valence-electron chi connectivity index (χ3n) is 5.60. The number of ether oxygens (including phenoxy) is 2. The third kappa shape index (κ3) is 4.33. The van der Waals surface area contributed by atoms with Gasteiger partial charge in [-0.1, -0.05) is 11.6 Å². The van der Waals surface area contributed by atoms with Gasteiger partial charge >= 0.3 is 6.18 Å². The molecule has 0 spiro atoms. The van der Waals surface area contributed by atoms with E-state index in [0.29, 0.717) is 12.2 Å². The fourth-order valence-corrected chi connectivity index (χ4v) is 5.12. The maximum absolute atomic E-state index is 12.9. The zero-order valence-corrected chi connectivity index (χ0v) is 16.8. The normalized spacial score (nSPS) is 29.6. The Labute approximate surface area is 174 Å². The summed E-state index contributed by atoms with van der Waals surface area (Å²) >= 11 is 7.45. The molecule has 1 saturated heterocycles. The second-order valence-corrected chi connectivity index (χ2v) is 8.73. The van der Waals surface area contributed by atoms with Gasteiger partial charge in [0.2, 0.25) is 0 Å². The van der Waals surface area contributed by atoms with Gasteiger partial charge in [0.15, 0.2) is 0 Å². The number of aromatic nitrogens is 1.